The van der Waals surface area contributed by atoms with Gasteiger partial charge in [-0.3, -0.25) is 9.69 Å². The molecule has 0 unspecified atom stereocenters. The summed E-state index contributed by atoms with van der Waals surface area (Å²) in [5.74, 6) is 0.780. The molecule has 0 spiro atoms. The zero-order valence-electron chi connectivity index (χ0n) is 13.8. The number of halogens is 1. The number of benzene rings is 1. The van der Waals surface area contributed by atoms with Gasteiger partial charge in [-0.05, 0) is 17.7 Å². The number of aromatic nitrogens is 2. The highest BCUT2D eigenvalue weighted by Gasteiger charge is 2.24. The normalized spacial score (nSPS) is 15.5. The highest BCUT2D eigenvalue weighted by molar-refractivity contribution is 9.10. The molecule has 5 heteroatoms. The molecule has 1 aromatic carbocycles. The molecule has 1 aromatic heterocycles. The van der Waals surface area contributed by atoms with E-state index in [1.807, 2.05) is 0 Å². The van der Waals surface area contributed by atoms with Crippen molar-refractivity contribution < 1.29 is 0 Å². The van der Waals surface area contributed by atoms with Crippen LogP contribution in [-0.4, -0.2) is 21.4 Å². The van der Waals surface area contributed by atoms with Gasteiger partial charge in [0.15, 0.2) is 0 Å². The summed E-state index contributed by atoms with van der Waals surface area (Å²) >= 11 is 3.46. The first-order valence-corrected chi connectivity index (χ1v) is 8.71. The van der Waals surface area contributed by atoms with Crippen LogP contribution in [-0.2, 0) is 24.9 Å². The Balaban J connectivity index is 1.81. The van der Waals surface area contributed by atoms with Crippen molar-refractivity contribution in [1.82, 2.24) is 14.9 Å². The minimum atomic E-state index is -0.136. The second kappa shape index (κ2) is 6.21. The van der Waals surface area contributed by atoms with Crippen molar-refractivity contribution in [2.75, 3.05) is 6.54 Å². The predicted octanol–water partition coefficient (Wildman–Crippen LogP) is 3.39. The van der Waals surface area contributed by atoms with Gasteiger partial charge in [-0.15, -0.1) is 0 Å². The molecule has 122 valence electrons. The van der Waals surface area contributed by atoms with Crippen molar-refractivity contribution >= 4 is 15.9 Å². The van der Waals surface area contributed by atoms with Crippen LogP contribution in [0.2, 0.25) is 0 Å². The van der Waals surface area contributed by atoms with Crippen molar-refractivity contribution in [1.29, 1.82) is 0 Å². The third kappa shape index (κ3) is 3.72. The maximum absolute atomic E-state index is 12.4. The number of aromatic amines is 1. The van der Waals surface area contributed by atoms with Gasteiger partial charge in [-0.1, -0.05) is 48.8 Å². The van der Waals surface area contributed by atoms with Crippen LogP contribution in [0.25, 0.3) is 0 Å². The lowest BCUT2D eigenvalue weighted by Gasteiger charge is -2.29. The van der Waals surface area contributed by atoms with E-state index in [4.69, 9.17) is 4.98 Å². The molecule has 0 atom stereocenters. The molecule has 3 rings (SSSR count). The number of hydrogen-bond acceptors (Lipinski definition) is 3. The zero-order valence-corrected chi connectivity index (χ0v) is 15.4. The number of nitrogens with zero attached hydrogens (tertiary/aromatic N) is 2. The highest BCUT2D eigenvalue weighted by atomic mass is 79.9. The van der Waals surface area contributed by atoms with E-state index in [1.165, 1.54) is 5.56 Å². The van der Waals surface area contributed by atoms with Crippen molar-refractivity contribution in [3.05, 3.63) is 61.7 Å². The second-order valence-electron chi connectivity index (χ2n) is 7.18. The Kier molecular flexibility index (Phi) is 4.43. The Labute approximate surface area is 145 Å². The number of fused-ring (bicyclic) bond motifs is 1. The molecular weight excluding hydrogens is 354 g/mol. The molecule has 2 heterocycles. The molecule has 0 aliphatic carbocycles. The SMILES string of the molecule is CC(C)(C)c1nc2c(c(=O)[nH]1)CN(Cc1ccc(Br)cc1)CC2. The van der Waals surface area contributed by atoms with Gasteiger partial charge in [-0.25, -0.2) is 4.98 Å². The fourth-order valence-corrected chi connectivity index (χ4v) is 3.08. The van der Waals surface area contributed by atoms with Gasteiger partial charge >= 0.3 is 0 Å². The van der Waals surface area contributed by atoms with Crippen molar-refractivity contribution in [3.63, 3.8) is 0 Å². The summed E-state index contributed by atoms with van der Waals surface area (Å²) in [5, 5.41) is 0. The topological polar surface area (TPSA) is 49.0 Å². The number of nitrogens with one attached hydrogen (secondary N) is 1. The predicted molar refractivity (Wildman–Crippen MR) is 95.5 cm³/mol. The quantitative estimate of drug-likeness (QED) is 0.874. The molecule has 1 N–H and O–H groups in total. The van der Waals surface area contributed by atoms with Crippen LogP contribution >= 0.6 is 15.9 Å². The Bertz CT molecular complexity index is 759. The number of H-pyrrole nitrogens is 1. The molecule has 23 heavy (non-hydrogen) atoms. The first-order chi connectivity index (χ1) is 10.8. The van der Waals surface area contributed by atoms with E-state index < -0.39 is 0 Å². The highest BCUT2D eigenvalue weighted by Crippen LogP contribution is 2.21. The molecule has 4 nitrogen and oxygen atoms in total. The van der Waals surface area contributed by atoms with Crippen molar-refractivity contribution in [3.8, 4) is 0 Å². The van der Waals surface area contributed by atoms with Crippen LogP contribution in [0.4, 0.5) is 0 Å². The van der Waals surface area contributed by atoms with E-state index in [0.29, 0.717) is 6.54 Å². The van der Waals surface area contributed by atoms with E-state index in [0.717, 1.165) is 41.1 Å². The molecule has 0 saturated heterocycles. The largest absolute Gasteiger partial charge is 0.310 e. The van der Waals surface area contributed by atoms with E-state index >= 15 is 0 Å². The third-order valence-corrected chi connectivity index (χ3v) is 4.71. The first-order valence-electron chi connectivity index (χ1n) is 7.92. The maximum Gasteiger partial charge on any atom is 0.255 e. The summed E-state index contributed by atoms with van der Waals surface area (Å²) in [6, 6.07) is 8.34. The van der Waals surface area contributed by atoms with Crippen LogP contribution in [0.3, 0.4) is 0 Å². The number of hydrogen-bond donors (Lipinski definition) is 1. The fourth-order valence-electron chi connectivity index (χ4n) is 2.82. The van der Waals surface area contributed by atoms with E-state index in [-0.39, 0.29) is 11.0 Å². The third-order valence-electron chi connectivity index (χ3n) is 4.18. The summed E-state index contributed by atoms with van der Waals surface area (Å²) in [6.07, 6.45) is 0.832. The van der Waals surface area contributed by atoms with Crippen LogP contribution in [0.15, 0.2) is 33.5 Å². The zero-order chi connectivity index (χ0) is 16.6. The van der Waals surface area contributed by atoms with Crippen LogP contribution < -0.4 is 5.56 Å². The van der Waals surface area contributed by atoms with Crippen molar-refractivity contribution in [2.45, 2.75) is 45.7 Å². The standard InChI is InChI=1S/C18H22BrN3O/c1-18(2,3)17-20-15-8-9-22(11-14(15)16(23)21-17)10-12-4-6-13(19)7-5-12/h4-7H,8-11H2,1-3H3,(H,20,21,23). The van der Waals surface area contributed by atoms with Gasteiger partial charge in [0.1, 0.15) is 5.82 Å². The van der Waals surface area contributed by atoms with Crippen LogP contribution in [0.5, 0.6) is 0 Å². The second-order valence-corrected chi connectivity index (χ2v) is 8.09. The monoisotopic (exact) mass is 375 g/mol. The average molecular weight is 376 g/mol. The molecule has 0 amide bonds. The smallest absolute Gasteiger partial charge is 0.255 e. The summed E-state index contributed by atoms with van der Waals surface area (Å²) in [7, 11) is 0. The fraction of sp³-hybridized carbons (Fsp3) is 0.444. The van der Waals surface area contributed by atoms with Gasteiger partial charge in [0.05, 0.1) is 11.3 Å². The molecule has 2 aromatic rings. The Morgan fingerprint density at radius 2 is 1.96 bits per heavy atom. The number of rotatable bonds is 2. The van der Waals surface area contributed by atoms with Crippen LogP contribution in [0, 0.1) is 0 Å². The minimum absolute atomic E-state index is 0.0143. The van der Waals surface area contributed by atoms with Gasteiger partial charge in [0.2, 0.25) is 0 Å². The minimum Gasteiger partial charge on any atom is -0.310 e. The Morgan fingerprint density at radius 1 is 1.26 bits per heavy atom. The van der Waals surface area contributed by atoms with Gasteiger partial charge < -0.3 is 4.98 Å². The van der Waals surface area contributed by atoms with E-state index in [1.54, 1.807) is 0 Å². The van der Waals surface area contributed by atoms with Gasteiger partial charge in [0.25, 0.3) is 5.56 Å². The lowest BCUT2D eigenvalue weighted by Crippen LogP contribution is -2.37. The molecule has 0 bridgehead atoms. The summed E-state index contributed by atoms with van der Waals surface area (Å²) in [6.45, 7) is 8.66. The first kappa shape index (κ1) is 16.4. The van der Waals surface area contributed by atoms with Crippen molar-refractivity contribution in [2.24, 2.45) is 0 Å². The lowest BCUT2D eigenvalue weighted by atomic mass is 9.95. The van der Waals surface area contributed by atoms with Gasteiger partial charge in [-0.2, -0.15) is 0 Å². The van der Waals surface area contributed by atoms with E-state index in [9.17, 15) is 4.79 Å². The molecular formula is C18H22BrN3O. The molecule has 0 fully saturated rings. The van der Waals surface area contributed by atoms with Crippen LogP contribution in [0.1, 0.15) is 43.4 Å². The average Bonchev–Trinajstić information content (AvgIpc) is 2.49. The lowest BCUT2D eigenvalue weighted by molar-refractivity contribution is 0.241. The molecule has 0 radical (unpaired) electrons. The molecule has 0 saturated carbocycles. The summed E-state index contributed by atoms with van der Waals surface area (Å²) in [5.41, 5.74) is 2.92. The van der Waals surface area contributed by atoms with E-state index in [2.05, 4.69) is 70.9 Å². The summed E-state index contributed by atoms with van der Waals surface area (Å²) in [4.78, 5) is 22.4. The Morgan fingerprint density at radius 3 is 2.61 bits per heavy atom. The Hall–Kier alpha value is -1.46. The maximum atomic E-state index is 12.4. The summed E-state index contributed by atoms with van der Waals surface area (Å²) < 4.78 is 1.08. The molecule has 1 aliphatic rings. The van der Waals surface area contributed by atoms with Gasteiger partial charge in [0, 0.05) is 35.9 Å². The molecule has 1 aliphatic heterocycles.